The molecule has 1 amide bonds. The van der Waals surface area contributed by atoms with Crippen LogP contribution in [0.4, 0.5) is 5.13 Å². The Balaban J connectivity index is 1.24. The first-order chi connectivity index (χ1) is 18.8. The van der Waals surface area contributed by atoms with Crippen LogP contribution in [0.2, 0.25) is 5.02 Å². The van der Waals surface area contributed by atoms with Gasteiger partial charge < -0.3 is 10.2 Å². The molecule has 8 nitrogen and oxygen atoms in total. The molecule has 212 valence electrons. The molecule has 1 aliphatic heterocycles. The average molecular weight is 592 g/mol. The number of halogens is 1. The third-order valence-corrected chi connectivity index (χ3v) is 10.2. The van der Waals surface area contributed by atoms with Crippen molar-refractivity contribution in [3.63, 3.8) is 0 Å². The van der Waals surface area contributed by atoms with Gasteiger partial charge in [-0.1, -0.05) is 49.6 Å². The summed E-state index contributed by atoms with van der Waals surface area (Å²) in [5.74, 6) is -0.195. The van der Waals surface area contributed by atoms with Crippen LogP contribution in [-0.4, -0.2) is 80.9 Å². The summed E-state index contributed by atoms with van der Waals surface area (Å²) in [6.45, 7) is 9.98. The van der Waals surface area contributed by atoms with E-state index < -0.39 is 10.0 Å². The molecule has 0 atom stereocenters. The smallest absolute Gasteiger partial charge is 0.251 e. The zero-order valence-corrected chi connectivity index (χ0v) is 25.1. The molecule has 0 bridgehead atoms. The Morgan fingerprint density at radius 1 is 1.03 bits per heavy atom. The fourth-order valence-corrected chi connectivity index (χ4v) is 7.37. The van der Waals surface area contributed by atoms with Gasteiger partial charge in [-0.3, -0.25) is 9.69 Å². The molecule has 2 heterocycles. The molecular weight excluding hydrogens is 554 g/mol. The highest BCUT2D eigenvalue weighted by atomic mass is 35.5. The van der Waals surface area contributed by atoms with Crippen molar-refractivity contribution in [2.75, 3.05) is 57.3 Å². The normalized spacial score (nSPS) is 14.8. The first-order valence-corrected chi connectivity index (χ1v) is 16.4. The summed E-state index contributed by atoms with van der Waals surface area (Å²) >= 11 is 7.78. The Labute approximate surface area is 241 Å². The number of nitrogens with zero attached hydrogens (tertiary/aromatic N) is 4. The molecule has 1 N–H and O–H groups in total. The number of nitrogens with one attached hydrogen (secondary N) is 1. The number of anilines is 1. The number of sulfonamides is 1. The molecule has 1 aliphatic rings. The Bertz CT molecular complexity index is 1330. The van der Waals surface area contributed by atoms with Crippen molar-refractivity contribution in [3.8, 4) is 0 Å². The van der Waals surface area contributed by atoms with Crippen LogP contribution in [0.15, 0.2) is 47.4 Å². The third kappa shape index (κ3) is 7.70. The standard InChI is InChI=1S/C28H38ClN5O3S2/c1-3-5-14-34(15-6-4-2)39(36,37)24-10-7-22(8-11-24)27(35)30-13-16-32-17-19-33(20-18-32)28-31-25-12-9-23(29)21-26(25)38-28/h7-12,21H,3-6,13-20H2,1-2H3,(H,30,35). The van der Waals surface area contributed by atoms with E-state index in [0.29, 0.717) is 25.2 Å². The predicted octanol–water partition coefficient (Wildman–Crippen LogP) is 5.09. The molecule has 4 rings (SSSR count). The average Bonchev–Trinajstić information content (AvgIpc) is 3.36. The molecule has 0 aliphatic carbocycles. The lowest BCUT2D eigenvalue weighted by Crippen LogP contribution is -2.48. The molecule has 0 radical (unpaired) electrons. The summed E-state index contributed by atoms with van der Waals surface area (Å²) in [5.41, 5.74) is 1.43. The van der Waals surface area contributed by atoms with Crippen LogP contribution in [0.5, 0.6) is 0 Å². The minimum atomic E-state index is -3.57. The molecule has 2 aromatic carbocycles. The zero-order valence-electron chi connectivity index (χ0n) is 22.7. The van der Waals surface area contributed by atoms with Crippen molar-refractivity contribution in [2.45, 2.75) is 44.4 Å². The van der Waals surface area contributed by atoms with Gasteiger partial charge in [-0.25, -0.2) is 13.4 Å². The monoisotopic (exact) mass is 591 g/mol. The lowest BCUT2D eigenvalue weighted by Gasteiger charge is -2.34. The third-order valence-electron chi connectivity index (χ3n) is 6.97. The molecular formula is C28H38ClN5O3S2. The first kappa shape index (κ1) is 29.7. The topological polar surface area (TPSA) is 85.8 Å². The minimum absolute atomic E-state index is 0.195. The second kappa shape index (κ2) is 13.9. The summed E-state index contributed by atoms with van der Waals surface area (Å²) in [4.78, 5) is 22.3. The highest BCUT2D eigenvalue weighted by Gasteiger charge is 2.24. The van der Waals surface area contributed by atoms with Crippen LogP contribution in [0, 0.1) is 0 Å². The number of fused-ring (bicyclic) bond motifs is 1. The van der Waals surface area contributed by atoms with Gasteiger partial charge in [-0.15, -0.1) is 0 Å². The predicted molar refractivity (Wildman–Crippen MR) is 161 cm³/mol. The first-order valence-electron chi connectivity index (χ1n) is 13.7. The Hall–Kier alpha value is -2.24. The molecule has 3 aromatic rings. The van der Waals surface area contributed by atoms with Crippen LogP contribution in [-0.2, 0) is 10.0 Å². The number of carbonyl (C=O) groups is 1. The highest BCUT2D eigenvalue weighted by Crippen LogP contribution is 2.31. The van der Waals surface area contributed by atoms with Gasteiger partial charge >= 0.3 is 0 Å². The van der Waals surface area contributed by atoms with Gasteiger partial charge in [0.15, 0.2) is 5.13 Å². The molecule has 1 saturated heterocycles. The zero-order chi connectivity index (χ0) is 27.8. The maximum Gasteiger partial charge on any atom is 0.251 e. The van der Waals surface area contributed by atoms with E-state index in [1.165, 1.54) is 0 Å². The van der Waals surface area contributed by atoms with Crippen molar-refractivity contribution >= 4 is 54.2 Å². The number of hydrogen-bond acceptors (Lipinski definition) is 7. The van der Waals surface area contributed by atoms with Crippen LogP contribution >= 0.6 is 22.9 Å². The maximum atomic E-state index is 13.2. The number of hydrogen-bond donors (Lipinski definition) is 1. The molecule has 0 spiro atoms. The maximum absolute atomic E-state index is 13.2. The Kier molecular flexibility index (Phi) is 10.6. The van der Waals surface area contributed by atoms with E-state index in [1.54, 1.807) is 39.9 Å². The van der Waals surface area contributed by atoms with E-state index >= 15 is 0 Å². The van der Waals surface area contributed by atoms with E-state index in [9.17, 15) is 13.2 Å². The lowest BCUT2D eigenvalue weighted by atomic mass is 10.2. The van der Waals surface area contributed by atoms with Gasteiger partial charge in [0.05, 0.1) is 15.1 Å². The summed E-state index contributed by atoms with van der Waals surface area (Å²) < 4.78 is 29.0. The largest absolute Gasteiger partial charge is 0.351 e. The number of rotatable bonds is 13. The second-order valence-electron chi connectivity index (χ2n) is 9.83. The van der Waals surface area contributed by atoms with Crippen LogP contribution < -0.4 is 10.2 Å². The molecule has 39 heavy (non-hydrogen) atoms. The lowest BCUT2D eigenvalue weighted by molar-refractivity contribution is 0.0947. The Morgan fingerprint density at radius 3 is 2.33 bits per heavy atom. The molecule has 0 saturated carbocycles. The number of benzene rings is 2. The van der Waals surface area contributed by atoms with E-state index in [0.717, 1.165) is 78.8 Å². The number of piperazine rings is 1. The fourth-order valence-electron chi connectivity index (χ4n) is 4.56. The summed E-state index contributed by atoms with van der Waals surface area (Å²) in [5, 5.41) is 4.71. The summed E-state index contributed by atoms with van der Waals surface area (Å²) in [7, 11) is -3.57. The van der Waals surface area contributed by atoms with Crippen molar-refractivity contribution in [1.29, 1.82) is 0 Å². The molecule has 0 unspecified atom stereocenters. The minimum Gasteiger partial charge on any atom is -0.351 e. The van der Waals surface area contributed by atoms with Gasteiger partial charge in [0, 0.05) is 62.9 Å². The van der Waals surface area contributed by atoms with E-state index in [4.69, 9.17) is 16.6 Å². The fraction of sp³-hybridized carbons (Fsp3) is 0.500. The van der Waals surface area contributed by atoms with Crippen molar-refractivity contribution in [2.24, 2.45) is 0 Å². The van der Waals surface area contributed by atoms with Gasteiger partial charge in [0.2, 0.25) is 10.0 Å². The quantitative estimate of drug-likeness (QED) is 0.298. The highest BCUT2D eigenvalue weighted by molar-refractivity contribution is 7.89. The SMILES string of the molecule is CCCCN(CCCC)S(=O)(=O)c1ccc(C(=O)NCCN2CCN(c3nc4ccc(Cl)cc4s3)CC2)cc1. The van der Waals surface area contributed by atoms with Crippen molar-refractivity contribution in [1.82, 2.24) is 19.5 Å². The molecule has 1 aromatic heterocycles. The molecule has 11 heteroatoms. The number of aromatic nitrogens is 1. The summed E-state index contributed by atoms with van der Waals surface area (Å²) in [6, 6.07) is 12.1. The van der Waals surface area contributed by atoms with E-state index in [2.05, 4.69) is 29.0 Å². The van der Waals surface area contributed by atoms with Crippen molar-refractivity contribution < 1.29 is 13.2 Å². The van der Waals surface area contributed by atoms with Crippen LogP contribution in [0.3, 0.4) is 0 Å². The van der Waals surface area contributed by atoms with E-state index in [-0.39, 0.29) is 10.8 Å². The van der Waals surface area contributed by atoms with Gasteiger partial charge in [0.25, 0.3) is 5.91 Å². The number of unbranched alkanes of at least 4 members (excludes halogenated alkanes) is 2. The number of carbonyl (C=O) groups excluding carboxylic acids is 1. The van der Waals surface area contributed by atoms with Gasteiger partial charge in [-0.05, 0) is 55.3 Å². The number of thiazole rings is 1. The Morgan fingerprint density at radius 2 is 1.69 bits per heavy atom. The van der Waals surface area contributed by atoms with Crippen molar-refractivity contribution in [3.05, 3.63) is 53.1 Å². The number of amides is 1. The van der Waals surface area contributed by atoms with E-state index in [1.807, 2.05) is 18.2 Å². The van der Waals surface area contributed by atoms with Gasteiger partial charge in [-0.2, -0.15) is 4.31 Å². The van der Waals surface area contributed by atoms with Gasteiger partial charge in [0.1, 0.15) is 0 Å². The van der Waals surface area contributed by atoms with Crippen LogP contribution in [0.25, 0.3) is 10.2 Å². The summed E-state index contributed by atoms with van der Waals surface area (Å²) in [6.07, 6.45) is 3.53. The molecule has 1 fully saturated rings. The van der Waals surface area contributed by atoms with Crippen LogP contribution in [0.1, 0.15) is 49.9 Å². The second-order valence-corrected chi connectivity index (χ2v) is 13.2.